The SMILES string of the molecule is Cc1noc(C)c1S(=O)(=O)N1CCC[C@H]1C(=O)N(C)C. The Bertz CT molecular complexity index is 601. The van der Waals surface area contributed by atoms with Crippen LogP contribution in [-0.2, 0) is 14.8 Å². The van der Waals surface area contributed by atoms with Crippen LogP contribution in [0.1, 0.15) is 24.3 Å². The van der Waals surface area contributed by atoms with Crippen LogP contribution in [0.4, 0.5) is 0 Å². The maximum atomic E-state index is 12.7. The number of aryl methyl sites for hydroxylation is 2. The van der Waals surface area contributed by atoms with Crippen molar-refractivity contribution < 1.29 is 17.7 Å². The molecule has 0 aliphatic carbocycles. The highest BCUT2D eigenvalue weighted by atomic mass is 32.2. The third-order valence-corrected chi connectivity index (χ3v) is 5.62. The van der Waals surface area contributed by atoms with Crippen LogP contribution in [0.15, 0.2) is 9.42 Å². The molecule has 0 spiro atoms. The Labute approximate surface area is 118 Å². The van der Waals surface area contributed by atoms with Gasteiger partial charge in [-0.25, -0.2) is 8.42 Å². The molecule has 8 heteroatoms. The van der Waals surface area contributed by atoms with E-state index < -0.39 is 16.1 Å². The molecule has 1 saturated heterocycles. The highest BCUT2D eigenvalue weighted by molar-refractivity contribution is 7.89. The van der Waals surface area contributed by atoms with Gasteiger partial charge in [0, 0.05) is 20.6 Å². The van der Waals surface area contributed by atoms with Crippen molar-refractivity contribution in [2.75, 3.05) is 20.6 Å². The molecule has 1 aromatic heterocycles. The van der Waals surface area contributed by atoms with E-state index in [1.807, 2.05) is 0 Å². The number of carbonyl (C=O) groups is 1. The quantitative estimate of drug-likeness (QED) is 0.813. The molecule has 1 fully saturated rings. The first-order valence-corrected chi connectivity index (χ1v) is 7.86. The Morgan fingerprint density at radius 2 is 2.05 bits per heavy atom. The maximum absolute atomic E-state index is 12.7. The lowest BCUT2D eigenvalue weighted by Gasteiger charge is -2.25. The van der Waals surface area contributed by atoms with E-state index in [1.165, 1.54) is 9.21 Å². The van der Waals surface area contributed by atoms with Gasteiger partial charge in [0.25, 0.3) is 0 Å². The van der Waals surface area contributed by atoms with Crippen LogP contribution in [0.2, 0.25) is 0 Å². The number of carbonyl (C=O) groups excluding carboxylic acids is 1. The van der Waals surface area contributed by atoms with Crippen molar-refractivity contribution in [2.24, 2.45) is 0 Å². The molecule has 7 nitrogen and oxygen atoms in total. The van der Waals surface area contributed by atoms with E-state index in [4.69, 9.17) is 4.52 Å². The van der Waals surface area contributed by atoms with Gasteiger partial charge in [-0.1, -0.05) is 5.16 Å². The summed E-state index contributed by atoms with van der Waals surface area (Å²) in [5.74, 6) is 0.0586. The van der Waals surface area contributed by atoms with Crippen molar-refractivity contribution in [1.82, 2.24) is 14.4 Å². The summed E-state index contributed by atoms with van der Waals surface area (Å²) in [4.78, 5) is 13.6. The summed E-state index contributed by atoms with van der Waals surface area (Å²) in [5.41, 5.74) is 0.324. The third kappa shape index (κ3) is 2.33. The van der Waals surface area contributed by atoms with Crippen molar-refractivity contribution in [3.05, 3.63) is 11.5 Å². The predicted molar refractivity (Wildman–Crippen MR) is 71.6 cm³/mol. The molecule has 1 aliphatic heterocycles. The van der Waals surface area contributed by atoms with E-state index in [9.17, 15) is 13.2 Å². The van der Waals surface area contributed by atoms with Gasteiger partial charge in [-0.3, -0.25) is 4.79 Å². The molecule has 0 bridgehead atoms. The Morgan fingerprint density at radius 1 is 1.40 bits per heavy atom. The highest BCUT2D eigenvalue weighted by Crippen LogP contribution is 2.30. The fourth-order valence-corrected chi connectivity index (χ4v) is 4.48. The van der Waals surface area contributed by atoms with Crippen LogP contribution in [-0.4, -0.2) is 55.4 Å². The summed E-state index contributed by atoms with van der Waals surface area (Å²) in [6, 6.07) is -0.635. The summed E-state index contributed by atoms with van der Waals surface area (Å²) in [5, 5.41) is 3.68. The lowest BCUT2D eigenvalue weighted by molar-refractivity contribution is -0.132. The van der Waals surface area contributed by atoms with Crippen molar-refractivity contribution >= 4 is 15.9 Å². The molecule has 20 heavy (non-hydrogen) atoms. The van der Waals surface area contributed by atoms with Gasteiger partial charge in [0.05, 0.1) is 0 Å². The van der Waals surface area contributed by atoms with Gasteiger partial charge in [-0.2, -0.15) is 4.31 Å². The van der Waals surface area contributed by atoms with Gasteiger partial charge in [0.1, 0.15) is 16.6 Å². The maximum Gasteiger partial charge on any atom is 0.249 e. The van der Waals surface area contributed by atoms with Gasteiger partial charge in [-0.05, 0) is 26.7 Å². The van der Waals surface area contributed by atoms with Crippen molar-refractivity contribution in [3.8, 4) is 0 Å². The Balaban J connectivity index is 2.42. The van der Waals surface area contributed by atoms with Crippen LogP contribution < -0.4 is 0 Å². The molecule has 112 valence electrons. The van der Waals surface area contributed by atoms with Crippen LogP contribution in [0.5, 0.6) is 0 Å². The Kier molecular flexibility index (Phi) is 3.88. The normalized spacial score (nSPS) is 20.3. The largest absolute Gasteiger partial charge is 0.360 e. The average molecular weight is 301 g/mol. The summed E-state index contributed by atoms with van der Waals surface area (Å²) in [6.07, 6.45) is 1.21. The number of rotatable bonds is 3. The second-order valence-corrected chi connectivity index (χ2v) is 6.99. The van der Waals surface area contributed by atoms with E-state index in [0.717, 1.165) is 0 Å². The molecule has 1 amide bonds. The smallest absolute Gasteiger partial charge is 0.249 e. The monoisotopic (exact) mass is 301 g/mol. The molecule has 1 atom stereocenters. The Morgan fingerprint density at radius 3 is 2.55 bits per heavy atom. The first-order valence-electron chi connectivity index (χ1n) is 6.42. The molecule has 0 N–H and O–H groups in total. The molecule has 0 aromatic carbocycles. The fraction of sp³-hybridized carbons (Fsp3) is 0.667. The van der Waals surface area contributed by atoms with E-state index in [2.05, 4.69) is 5.16 Å². The average Bonchev–Trinajstić information content (AvgIpc) is 2.95. The van der Waals surface area contributed by atoms with E-state index >= 15 is 0 Å². The van der Waals surface area contributed by atoms with Gasteiger partial charge in [-0.15, -0.1) is 0 Å². The van der Waals surface area contributed by atoms with Gasteiger partial charge in [0.2, 0.25) is 15.9 Å². The van der Waals surface area contributed by atoms with Crippen molar-refractivity contribution in [2.45, 2.75) is 37.6 Å². The number of likely N-dealkylation sites (N-methyl/N-ethyl adjacent to an activating group) is 1. The molecule has 0 saturated carbocycles. The van der Waals surface area contributed by atoms with E-state index in [1.54, 1.807) is 27.9 Å². The minimum Gasteiger partial charge on any atom is -0.360 e. The number of hydrogen-bond donors (Lipinski definition) is 0. The number of nitrogens with zero attached hydrogens (tertiary/aromatic N) is 3. The molecule has 1 aromatic rings. The molecule has 1 aliphatic rings. The van der Waals surface area contributed by atoms with Gasteiger partial charge in [0.15, 0.2) is 5.76 Å². The second kappa shape index (κ2) is 5.17. The predicted octanol–water partition coefficient (Wildman–Crippen LogP) is 0.533. The fourth-order valence-electron chi connectivity index (χ4n) is 2.53. The second-order valence-electron chi connectivity index (χ2n) is 5.16. The number of amides is 1. The van der Waals surface area contributed by atoms with Gasteiger partial charge >= 0.3 is 0 Å². The summed E-state index contributed by atoms with van der Waals surface area (Å²) < 4.78 is 31.7. The minimum absolute atomic E-state index is 0.0796. The zero-order valence-electron chi connectivity index (χ0n) is 12.1. The zero-order chi connectivity index (χ0) is 15.1. The lowest BCUT2D eigenvalue weighted by atomic mass is 10.2. The van der Waals surface area contributed by atoms with E-state index in [-0.39, 0.29) is 16.6 Å². The number of sulfonamides is 1. The van der Waals surface area contributed by atoms with Crippen LogP contribution >= 0.6 is 0 Å². The lowest BCUT2D eigenvalue weighted by Crippen LogP contribution is -2.45. The third-order valence-electron chi connectivity index (χ3n) is 3.46. The summed E-state index contributed by atoms with van der Waals surface area (Å²) in [7, 11) is -0.502. The molecule has 2 rings (SSSR count). The first kappa shape index (κ1) is 15.0. The number of aromatic nitrogens is 1. The topological polar surface area (TPSA) is 83.7 Å². The zero-order valence-corrected chi connectivity index (χ0v) is 12.9. The first-order chi connectivity index (χ1) is 9.26. The molecule has 0 radical (unpaired) electrons. The molecule has 2 heterocycles. The molecule has 0 unspecified atom stereocenters. The van der Waals surface area contributed by atoms with Crippen LogP contribution in [0, 0.1) is 13.8 Å². The molecular formula is C12H19N3O4S. The minimum atomic E-state index is -3.75. The van der Waals surface area contributed by atoms with Crippen LogP contribution in [0.25, 0.3) is 0 Å². The standard InChI is InChI=1S/C12H19N3O4S/c1-8-11(9(2)19-13-8)20(17,18)15-7-5-6-10(15)12(16)14(3)4/h10H,5-7H2,1-4H3/t10-/m0/s1. The number of hydrogen-bond acceptors (Lipinski definition) is 5. The van der Waals surface area contributed by atoms with Gasteiger partial charge < -0.3 is 9.42 Å². The van der Waals surface area contributed by atoms with Crippen molar-refractivity contribution in [3.63, 3.8) is 0 Å². The van der Waals surface area contributed by atoms with Crippen LogP contribution in [0.3, 0.4) is 0 Å². The highest BCUT2D eigenvalue weighted by Gasteiger charge is 2.42. The van der Waals surface area contributed by atoms with Crippen molar-refractivity contribution in [1.29, 1.82) is 0 Å². The summed E-state index contributed by atoms with van der Waals surface area (Å²) in [6.45, 7) is 3.49. The molecular weight excluding hydrogens is 282 g/mol. The summed E-state index contributed by atoms with van der Waals surface area (Å²) >= 11 is 0. The van der Waals surface area contributed by atoms with E-state index in [0.29, 0.717) is 25.1 Å². The Hall–Kier alpha value is -1.41.